The molecule has 0 bridgehead atoms. The number of carbonyl (C=O) groups is 1. The van der Waals surface area contributed by atoms with Gasteiger partial charge in [-0.2, -0.15) is 0 Å². The quantitative estimate of drug-likeness (QED) is 0.688. The third-order valence-electron chi connectivity index (χ3n) is 7.03. The molecular formula is C27H33FN2O3. The number of fused-ring (bicyclic) bond motifs is 1. The van der Waals surface area contributed by atoms with Gasteiger partial charge >= 0.3 is 0 Å². The van der Waals surface area contributed by atoms with Crippen LogP contribution in [0.4, 0.5) is 4.39 Å². The Morgan fingerprint density at radius 3 is 2.76 bits per heavy atom. The number of halogens is 1. The molecule has 33 heavy (non-hydrogen) atoms. The summed E-state index contributed by atoms with van der Waals surface area (Å²) in [4.78, 5) is 15.0. The molecule has 3 atom stereocenters. The van der Waals surface area contributed by atoms with Crippen LogP contribution in [-0.4, -0.2) is 55.4 Å². The number of benzene rings is 2. The Balaban J connectivity index is 1.12. The lowest BCUT2D eigenvalue weighted by molar-refractivity contribution is 0.0679. The maximum absolute atomic E-state index is 13.4. The minimum absolute atomic E-state index is 0.0412. The molecule has 0 spiro atoms. The molecule has 6 heteroatoms. The van der Waals surface area contributed by atoms with E-state index in [1.807, 2.05) is 24.3 Å². The Bertz CT molecular complexity index is 958. The van der Waals surface area contributed by atoms with Crippen LogP contribution < -0.4 is 10.1 Å². The van der Waals surface area contributed by atoms with Crippen molar-refractivity contribution in [1.82, 2.24) is 10.2 Å². The fourth-order valence-electron chi connectivity index (χ4n) is 5.15. The molecule has 0 unspecified atom stereocenters. The molecule has 2 saturated heterocycles. The highest BCUT2D eigenvalue weighted by Crippen LogP contribution is 2.25. The number of alkyl halides is 1. The third-order valence-corrected chi connectivity index (χ3v) is 7.03. The summed E-state index contributed by atoms with van der Waals surface area (Å²) < 4.78 is 24.8. The first kappa shape index (κ1) is 22.4. The van der Waals surface area contributed by atoms with Crippen LogP contribution in [0.1, 0.15) is 52.7 Å². The first-order chi connectivity index (χ1) is 16.1. The molecule has 1 aliphatic carbocycles. The van der Waals surface area contributed by atoms with Gasteiger partial charge in [0.1, 0.15) is 18.5 Å². The van der Waals surface area contributed by atoms with Crippen LogP contribution in [0, 0.1) is 0 Å². The van der Waals surface area contributed by atoms with E-state index in [0.717, 1.165) is 57.6 Å². The number of carbonyl (C=O) groups excluding carboxylic acids is 1. The lowest BCUT2D eigenvalue weighted by Crippen LogP contribution is -2.38. The number of hydrogen-bond donors (Lipinski definition) is 1. The zero-order valence-electron chi connectivity index (χ0n) is 19.1. The smallest absolute Gasteiger partial charge is 0.251 e. The van der Waals surface area contributed by atoms with E-state index in [1.54, 1.807) is 0 Å². The second kappa shape index (κ2) is 10.2. The lowest BCUT2D eigenvalue weighted by Gasteiger charge is -2.26. The van der Waals surface area contributed by atoms with Crippen molar-refractivity contribution in [2.24, 2.45) is 0 Å². The maximum atomic E-state index is 13.4. The Morgan fingerprint density at radius 2 is 2.00 bits per heavy atom. The van der Waals surface area contributed by atoms with Crippen molar-refractivity contribution in [3.05, 3.63) is 64.7 Å². The molecule has 2 heterocycles. The van der Waals surface area contributed by atoms with E-state index in [-0.39, 0.29) is 18.1 Å². The number of nitrogens with one attached hydrogen (secondary N) is 1. The van der Waals surface area contributed by atoms with Gasteiger partial charge in [0, 0.05) is 37.8 Å². The number of rotatable bonds is 7. The minimum Gasteiger partial charge on any atom is -0.491 e. The van der Waals surface area contributed by atoms with Crippen LogP contribution in [0.3, 0.4) is 0 Å². The molecule has 5 nitrogen and oxygen atoms in total. The van der Waals surface area contributed by atoms with Crippen molar-refractivity contribution in [1.29, 1.82) is 0 Å². The van der Waals surface area contributed by atoms with Gasteiger partial charge in [-0.25, -0.2) is 4.39 Å². The summed E-state index contributed by atoms with van der Waals surface area (Å²) in [6.45, 7) is 3.59. The van der Waals surface area contributed by atoms with Crippen molar-refractivity contribution < 1.29 is 18.7 Å². The second-order valence-electron chi connectivity index (χ2n) is 9.61. The number of amides is 1. The van der Waals surface area contributed by atoms with E-state index >= 15 is 0 Å². The first-order valence-corrected chi connectivity index (χ1v) is 12.2. The van der Waals surface area contributed by atoms with Crippen LogP contribution in [0.5, 0.6) is 5.75 Å². The van der Waals surface area contributed by atoms with Gasteiger partial charge in [0.25, 0.3) is 5.91 Å². The fraction of sp³-hybridized carbons (Fsp3) is 0.519. The average molecular weight is 453 g/mol. The Kier molecular flexibility index (Phi) is 6.93. The zero-order valence-corrected chi connectivity index (χ0v) is 19.1. The minimum atomic E-state index is -0.678. The zero-order chi connectivity index (χ0) is 22.6. The summed E-state index contributed by atoms with van der Waals surface area (Å²) in [5.74, 6) is 0.723. The van der Waals surface area contributed by atoms with Gasteiger partial charge in [0.05, 0.1) is 6.10 Å². The van der Waals surface area contributed by atoms with E-state index in [4.69, 9.17) is 9.47 Å². The monoisotopic (exact) mass is 452 g/mol. The van der Waals surface area contributed by atoms with Gasteiger partial charge in [0.2, 0.25) is 0 Å². The molecule has 5 rings (SSSR count). The van der Waals surface area contributed by atoms with Crippen LogP contribution in [0.2, 0.25) is 0 Å². The number of aryl methyl sites for hydroxylation is 1. The van der Waals surface area contributed by atoms with E-state index in [1.165, 1.54) is 16.7 Å². The summed E-state index contributed by atoms with van der Waals surface area (Å²) in [5, 5.41) is 3.20. The van der Waals surface area contributed by atoms with Crippen LogP contribution in [-0.2, 0) is 24.1 Å². The maximum Gasteiger partial charge on any atom is 0.251 e. The number of hydrogen-bond acceptors (Lipinski definition) is 4. The highest BCUT2D eigenvalue weighted by atomic mass is 19.1. The summed E-state index contributed by atoms with van der Waals surface area (Å²) in [5.41, 5.74) is 4.57. The fourth-order valence-corrected chi connectivity index (χ4v) is 5.15. The summed E-state index contributed by atoms with van der Waals surface area (Å²) in [7, 11) is 0. The molecule has 2 aromatic rings. The largest absolute Gasteiger partial charge is 0.491 e. The molecule has 2 aromatic carbocycles. The van der Waals surface area contributed by atoms with Crippen LogP contribution >= 0.6 is 0 Å². The van der Waals surface area contributed by atoms with Gasteiger partial charge in [-0.15, -0.1) is 0 Å². The molecular weight excluding hydrogens is 419 g/mol. The molecule has 2 aliphatic heterocycles. The van der Waals surface area contributed by atoms with Crippen LogP contribution in [0.25, 0.3) is 0 Å². The molecule has 1 N–H and O–H groups in total. The molecule has 0 aromatic heterocycles. The van der Waals surface area contributed by atoms with E-state index in [0.29, 0.717) is 25.1 Å². The molecule has 1 amide bonds. The molecule has 0 saturated carbocycles. The van der Waals surface area contributed by atoms with Gasteiger partial charge in [-0.1, -0.05) is 18.2 Å². The molecule has 0 radical (unpaired) electrons. The van der Waals surface area contributed by atoms with Gasteiger partial charge in [-0.3, -0.25) is 9.69 Å². The van der Waals surface area contributed by atoms with Crippen molar-refractivity contribution in [3.63, 3.8) is 0 Å². The van der Waals surface area contributed by atoms with E-state index in [2.05, 4.69) is 28.4 Å². The SMILES string of the molecule is O=C(N[C@H]1CCc2cc(CN3CC[C@@H](F)C3)ccc2C1)c1ccc(OC[C@@H]2CCCO2)cc1. The Hall–Kier alpha value is -2.44. The lowest BCUT2D eigenvalue weighted by atomic mass is 9.87. The highest BCUT2D eigenvalue weighted by Gasteiger charge is 2.24. The number of ether oxygens (including phenoxy) is 2. The summed E-state index contributed by atoms with van der Waals surface area (Å²) >= 11 is 0. The van der Waals surface area contributed by atoms with E-state index < -0.39 is 6.17 Å². The number of likely N-dealkylation sites (tertiary alicyclic amines) is 1. The summed E-state index contributed by atoms with van der Waals surface area (Å²) in [6, 6.07) is 14.1. The number of nitrogens with zero attached hydrogens (tertiary/aromatic N) is 1. The van der Waals surface area contributed by atoms with Crippen molar-refractivity contribution >= 4 is 5.91 Å². The molecule has 2 fully saturated rings. The van der Waals surface area contributed by atoms with Gasteiger partial charge < -0.3 is 14.8 Å². The summed E-state index contributed by atoms with van der Waals surface area (Å²) in [6.07, 6.45) is 5.03. The normalized spacial score (nSPS) is 25.1. The average Bonchev–Trinajstić information content (AvgIpc) is 3.50. The van der Waals surface area contributed by atoms with Crippen molar-refractivity contribution in [2.45, 2.75) is 63.4 Å². The highest BCUT2D eigenvalue weighted by molar-refractivity contribution is 5.94. The van der Waals surface area contributed by atoms with Gasteiger partial charge in [-0.05, 0) is 79.5 Å². The standard InChI is InChI=1S/C27H33FN2O3/c28-23-11-12-30(17-23)16-19-3-4-22-15-24(8-5-21(22)14-19)29-27(31)20-6-9-25(10-7-20)33-18-26-2-1-13-32-26/h3-4,6-7,9-10,14,23-24,26H,1-2,5,8,11-13,15-18H2,(H,29,31)/t23-,24+,26+/m1/s1. The Morgan fingerprint density at radius 1 is 1.12 bits per heavy atom. The Labute approximate surface area is 195 Å². The van der Waals surface area contributed by atoms with E-state index in [9.17, 15) is 9.18 Å². The van der Waals surface area contributed by atoms with Gasteiger partial charge in [0.15, 0.2) is 0 Å². The van der Waals surface area contributed by atoms with Crippen LogP contribution in [0.15, 0.2) is 42.5 Å². The second-order valence-corrected chi connectivity index (χ2v) is 9.61. The predicted molar refractivity (Wildman–Crippen MR) is 125 cm³/mol. The topological polar surface area (TPSA) is 50.8 Å². The predicted octanol–water partition coefficient (Wildman–Crippen LogP) is 4.08. The van der Waals surface area contributed by atoms with Crippen molar-refractivity contribution in [3.8, 4) is 5.75 Å². The van der Waals surface area contributed by atoms with Crippen molar-refractivity contribution in [2.75, 3.05) is 26.3 Å². The third kappa shape index (κ3) is 5.74. The molecule has 176 valence electrons. The first-order valence-electron chi connectivity index (χ1n) is 12.2. The molecule has 3 aliphatic rings.